The van der Waals surface area contributed by atoms with E-state index in [0.29, 0.717) is 25.0 Å². The number of hydrogen-bond donors (Lipinski definition) is 1. The van der Waals surface area contributed by atoms with Crippen LogP contribution in [0, 0.1) is 5.92 Å². The second-order valence-corrected chi connectivity index (χ2v) is 7.33. The van der Waals surface area contributed by atoms with Gasteiger partial charge in [0.15, 0.2) is 0 Å². The number of amides is 2. The molecule has 1 aromatic rings. The Labute approximate surface area is 157 Å². The van der Waals surface area contributed by atoms with Gasteiger partial charge in [-0.15, -0.1) is 0 Å². The zero-order valence-electron chi connectivity index (χ0n) is 16.5. The lowest BCUT2D eigenvalue weighted by Gasteiger charge is -2.35. The Morgan fingerprint density at radius 3 is 2.73 bits per heavy atom. The summed E-state index contributed by atoms with van der Waals surface area (Å²) < 4.78 is 10.7. The van der Waals surface area contributed by atoms with Gasteiger partial charge < -0.3 is 19.7 Å². The van der Waals surface area contributed by atoms with Crippen LogP contribution >= 0.6 is 0 Å². The maximum atomic E-state index is 12.5. The maximum Gasteiger partial charge on any atom is 0.317 e. The van der Waals surface area contributed by atoms with Crippen molar-refractivity contribution in [3.05, 3.63) is 29.8 Å². The highest BCUT2D eigenvalue weighted by Gasteiger charge is 2.23. The summed E-state index contributed by atoms with van der Waals surface area (Å²) >= 11 is 0. The predicted octanol–water partition coefficient (Wildman–Crippen LogP) is 2.58. The van der Waals surface area contributed by atoms with E-state index in [4.69, 9.17) is 9.47 Å². The van der Waals surface area contributed by atoms with Crippen molar-refractivity contribution in [1.29, 1.82) is 0 Å². The van der Waals surface area contributed by atoms with Crippen LogP contribution in [0.1, 0.15) is 25.8 Å². The fourth-order valence-corrected chi connectivity index (χ4v) is 3.30. The molecule has 1 N–H and O–H groups in total. The van der Waals surface area contributed by atoms with Crippen molar-refractivity contribution in [1.82, 2.24) is 15.1 Å². The Bertz CT molecular complexity index is 559. The van der Waals surface area contributed by atoms with Crippen molar-refractivity contribution < 1.29 is 14.3 Å². The smallest absolute Gasteiger partial charge is 0.317 e. The number of hydrogen-bond acceptors (Lipinski definition) is 4. The molecular formula is C20H33N3O3. The van der Waals surface area contributed by atoms with Gasteiger partial charge in [-0.2, -0.15) is 0 Å². The monoisotopic (exact) mass is 363 g/mol. The van der Waals surface area contributed by atoms with Crippen molar-refractivity contribution in [3.8, 4) is 5.75 Å². The molecule has 0 aliphatic carbocycles. The van der Waals surface area contributed by atoms with Crippen LogP contribution < -0.4 is 10.1 Å². The number of rotatable bonds is 8. The van der Waals surface area contributed by atoms with E-state index in [1.54, 1.807) is 12.0 Å². The Morgan fingerprint density at radius 1 is 1.35 bits per heavy atom. The minimum Gasteiger partial charge on any atom is -0.497 e. The zero-order valence-corrected chi connectivity index (χ0v) is 16.5. The lowest BCUT2D eigenvalue weighted by molar-refractivity contribution is 0.0127. The SMILES string of the molecule is COc1cccc(CN(C)C(=O)NCC(CC(C)C)N2CCOCC2)c1. The first kappa shape index (κ1) is 20.5. The first-order chi connectivity index (χ1) is 12.5. The van der Waals surface area contributed by atoms with Gasteiger partial charge in [0.25, 0.3) is 0 Å². The molecule has 2 rings (SSSR count). The Morgan fingerprint density at radius 2 is 2.08 bits per heavy atom. The number of nitrogens with zero attached hydrogens (tertiary/aromatic N) is 2. The summed E-state index contributed by atoms with van der Waals surface area (Å²) in [5.74, 6) is 1.40. The van der Waals surface area contributed by atoms with Crippen molar-refractivity contribution in [2.75, 3.05) is 47.0 Å². The van der Waals surface area contributed by atoms with E-state index in [2.05, 4.69) is 24.1 Å². The topological polar surface area (TPSA) is 54.0 Å². The van der Waals surface area contributed by atoms with E-state index in [0.717, 1.165) is 44.0 Å². The van der Waals surface area contributed by atoms with Crippen LogP contribution in [0.25, 0.3) is 0 Å². The third-order valence-corrected chi connectivity index (χ3v) is 4.70. The van der Waals surface area contributed by atoms with Crippen molar-refractivity contribution in [2.45, 2.75) is 32.9 Å². The molecule has 0 aromatic heterocycles. The van der Waals surface area contributed by atoms with Gasteiger partial charge in [-0.05, 0) is 30.0 Å². The van der Waals surface area contributed by atoms with E-state index >= 15 is 0 Å². The van der Waals surface area contributed by atoms with E-state index in [1.165, 1.54) is 0 Å². The van der Waals surface area contributed by atoms with E-state index in [9.17, 15) is 4.79 Å². The molecule has 1 fully saturated rings. The largest absolute Gasteiger partial charge is 0.497 e. The number of morpholine rings is 1. The third kappa shape index (κ3) is 6.50. The average molecular weight is 364 g/mol. The zero-order chi connectivity index (χ0) is 18.9. The highest BCUT2D eigenvalue weighted by molar-refractivity contribution is 5.73. The third-order valence-electron chi connectivity index (χ3n) is 4.70. The lowest BCUT2D eigenvalue weighted by Crippen LogP contribution is -2.50. The van der Waals surface area contributed by atoms with Gasteiger partial charge >= 0.3 is 6.03 Å². The molecule has 6 heteroatoms. The fraction of sp³-hybridized carbons (Fsp3) is 0.650. The molecule has 1 atom stereocenters. The summed E-state index contributed by atoms with van der Waals surface area (Å²) in [6.07, 6.45) is 1.07. The van der Waals surface area contributed by atoms with Gasteiger partial charge in [-0.1, -0.05) is 26.0 Å². The molecular weight excluding hydrogens is 330 g/mol. The quantitative estimate of drug-likeness (QED) is 0.771. The molecule has 146 valence electrons. The van der Waals surface area contributed by atoms with E-state index in [-0.39, 0.29) is 6.03 Å². The number of methoxy groups -OCH3 is 1. The summed E-state index contributed by atoms with van der Waals surface area (Å²) in [7, 11) is 3.47. The van der Waals surface area contributed by atoms with Crippen LogP contribution in [0.2, 0.25) is 0 Å². The molecule has 2 amide bonds. The van der Waals surface area contributed by atoms with Crippen LogP contribution in [0.15, 0.2) is 24.3 Å². The highest BCUT2D eigenvalue weighted by atomic mass is 16.5. The molecule has 26 heavy (non-hydrogen) atoms. The number of nitrogens with one attached hydrogen (secondary N) is 1. The Kier molecular flexibility index (Phi) is 8.19. The molecule has 1 aromatic carbocycles. The Balaban J connectivity index is 1.87. The second kappa shape index (κ2) is 10.4. The van der Waals surface area contributed by atoms with Gasteiger partial charge in [-0.3, -0.25) is 4.90 Å². The van der Waals surface area contributed by atoms with Gasteiger partial charge in [0.05, 0.1) is 20.3 Å². The minimum absolute atomic E-state index is 0.0464. The molecule has 1 saturated heterocycles. The molecule has 1 aliphatic heterocycles. The summed E-state index contributed by atoms with van der Waals surface area (Å²) in [6, 6.07) is 8.11. The number of carbonyl (C=O) groups is 1. The maximum absolute atomic E-state index is 12.5. The van der Waals surface area contributed by atoms with Crippen molar-refractivity contribution >= 4 is 6.03 Å². The van der Waals surface area contributed by atoms with Crippen LogP contribution in [-0.2, 0) is 11.3 Å². The lowest BCUT2D eigenvalue weighted by atomic mass is 10.0. The van der Waals surface area contributed by atoms with Gasteiger partial charge in [0.1, 0.15) is 5.75 Å². The molecule has 1 unspecified atom stereocenters. The number of urea groups is 1. The summed E-state index contributed by atoms with van der Waals surface area (Å²) in [4.78, 5) is 16.7. The number of benzene rings is 1. The molecule has 0 spiro atoms. The van der Waals surface area contributed by atoms with Crippen molar-refractivity contribution in [2.24, 2.45) is 5.92 Å². The highest BCUT2D eigenvalue weighted by Crippen LogP contribution is 2.15. The molecule has 1 aliphatic rings. The van der Waals surface area contributed by atoms with Crippen LogP contribution in [-0.4, -0.2) is 68.9 Å². The Hall–Kier alpha value is -1.79. The molecule has 1 heterocycles. The average Bonchev–Trinajstić information content (AvgIpc) is 2.65. The molecule has 0 radical (unpaired) electrons. The first-order valence-electron chi connectivity index (χ1n) is 9.43. The standard InChI is InChI=1S/C20H33N3O3/c1-16(2)12-18(23-8-10-26-11-9-23)14-21-20(24)22(3)15-17-6-5-7-19(13-17)25-4/h5-7,13,16,18H,8-12,14-15H2,1-4H3,(H,21,24). The van der Waals surface area contributed by atoms with E-state index < -0.39 is 0 Å². The van der Waals surface area contributed by atoms with Crippen LogP contribution in [0.5, 0.6) is 5.75 Å². The first-order valence-corrected chi connectivity index (χ1v) is 9.43. The van der Waals surface area contributed by atoms with Gasteiger partial charge in [0, 0.05) is 39.3 Å². The molecule has 0 saturated carbocycles. The summed E-state index contributed by atoms with van der Waals surface area (Å²) in [5, 5.41) is 3.11. The van der Waals surface area contributed by atoms with Crippen LogP contribution in [0.4, 0.5) is 4.79 Å². The van der Waals surface area contributed by atoms with Crippen molar-refractivity contribution in [3.63, 3.8) is 0 Å². The number of ether oxygens (including phenoxy) is 2. The number of carbonyl (C=O) groups excluding carboxylic acids is 1. The van der Waals surface area contributed by atoms with Crippen LogP contribution in [0.3, 0.4) is 0 Å². The minimum atomic E-state index is -0.0464. The van der Waals surface area contributed by atoms with Gasteiger partial charge in [-0.25, -0.2) is 4.79 Å². The molecule has 6 nitrogen and oxygen atoms in total. The fourth-order valence-electron chi connectivity index (χ4n) is 3.30. The van der Waals surface area contributed by atoms with E-state index in [1.807, 2.05) is 31.3 Å². The second-order valence-electron chi connectivity index (χ2n) is 7.33. The predicted molar refractivity (Wildman–Crippen MR) is 103 cm³/mol. The van der Waals surface area contributed by atoms with Gasteiger partial charge in [0.2, 0.25) is 0 Å². The normalized spacial score (nSPS) is 16.3. The molecule has 0 bridgehead atoms. The summed E-state index contributed by atoms with van der Waals surface area (Å²) in [6.45, 7) is 9.10. The summed E-state index contributed by atoms with van der Waals surface area (Å²) in [5.41, 5.74) is 1.05.